The normalized spacial score (nSPS) is 16.3. The molecule has 46 heavy (non-hydrogen) atoms. The molecule has 0 bridgehead atoms. The van der Waals surface area contributed by atoms with Gasteiger partial charge in [0.25, 0.3) is 5.91 Å². The minimum atomic E-state index is -1.04. The fourth-order valence-electron chi connectivity index (χ4n) is 5.28. The summed E-state index contributed by atoms with van der Waals surface area (Å²) in [5.74, 6) is -0.969. The molecule has 12 heteroatoms. The van der Waals surface area contributed by atoms with E-state index in [2.05, 4.69) is 33.4 Å². The average molecular weight is 657 g/mol. The molecule has 3 aromatic carbocycles. The third-order valence-electron chi connectivity index (χ3n) is 7.81. The molecule has 0 unspecified atom stereocenters. The molecule has 0 spiro atoms. The van der Waals surface area contributed by atoms with Crippen molar-refractivity contribution < 1.29 is 29.0 Å². The molecule has 0 aliphatic carbocycles. The van der Waals surface area contributed by atoms with Crippen molar-refractivity contribution in [2.24, 2.45) is 0 Å². The summed E-state index contributed by atoms with van der Waals surface area (Å²) < 4.78 is 12.1. The Morgan fingerprint density at radius 2 is 1.78 bits per heavy atom. The van der Waals surface area contributed by atoms with Gasteiger partial charge in [0.2, 0.25) is 5.91 Å². The van der Waals surface area contributed by atoms with Gasteiger partial charge < -0.3 is 24.9 Å². The van der Waals surface area contributed by atoms with Crippen LogP contribution in [0.4, 0.5) is 5.69 Å². The maximum Gasteiger partial charge on any atom is 0.335 e. The number of nitrogens with one attached hydrogen (secondary N) is 2. The number of carboxylic acids is 1. The van der Waals surface area contributed by atoms with Crippen LogP contribution in [0.25, 0.3) is 28.1 Å². The van der Waals surface area contributed by atoms with E-state index in [1.165, 1.54) is 40.9 Å². The third-order valence-corrected chi connectivity index (χ3v) is 9.18. The summed E-state index contributed by atoms with van der Waals surface area (Å²) in [7, 11) is 0. The number of amides is 2. The highest BCUT2D eigenvalue weighted by molar-refractivity contribution is 8.26. The Kier molecular flexibility index (Phi) is 9.79. The number of morpholine rings is 1. The zero-order chi connectivity index (χ0) is 32.0. The number of thioether (sulfide) groups is 1. The van der Waals surface area contributed by atoms with Gasteiger partial charge in [0.05, 0.1) is 23.7 Å². The molecule has 3 heterocycles. The number of nitrogens with zero attached hydrogens (tertiary/aromatic N) is 2. The van der Waals surface area contributed by atoms with Crippen molar-refractivity contribution in [2.75, 3.05) is 51.3 Å². The molecule has 0 saturated carbocycles. The summed E-state index contributed by atoms with van der Waals surface area (Å²) in [5.41, 5.74) is 4.39. The number of carbonyl (C=O) groups is 3. The van der Waals surface area contributed by atoms with E-state index in [1.807, 2.05) is 36.5 Å². The molecule has 2 fully saturated rings. The van der Waals surface area contributed by atoms with E-state index >= 15 is 0 Å². The van der Waals surface area contributed by atoms with E-state index in [1.54, 1.807) is 0 Å². The zero-order valence-corrected chi connectivity index (χ0v) is 26.5. The molecule has 1 aromatic heterocycles. The Hall–Kier alpha value is -4.49. The number of benzene rings is 3. The third kappa shape index (κ3) is 7.48. The molecular formula is C34H32N4O6S2. The van der Waals surface area contributed by atoms with Gasteiger partial charge in [-0.3, -0.25) is 19.4 Å². The fourth-order valence-corrected chi connectivity index (χ4v) is 6.58. The Balaban J connectivity index is 1.17. The molecule has 3 N–H and O–H groups in total. The summed E-state index contributed by atoms with van der Waals surface area (Å²) >= 11 is 6.73. The molecule has 4 aromatic rings. The number of rotatable bonds is 11. The van der Waals surface area contributed by atoms with Crippen molar-refractivity contribution in [3.8, 4) is 16.9 Å². The molecule has 6 rings (SSSR count). The van der Waals surface area contributed by atoms with Crippen LogP contribution in [-0.2, 0) is 14.3 Å². The van der Waals surface area contributed by atoms with Crippen molar-refractivity contribution in [3.05, 3.63) is 89.0 Å². The lowest BCUT2D eigenvalue weighted by Gasteiger charge is -2.26. The standard InChI is InChI=1S/C34H32N4O6S2/c39-31(36-27-6-3-23(4-7-27)33(41)42)10-12-38-32(40)30(46-34(38)45)21-26-19-24(25-2-1-22-9-11-35-28(22)20-25)5-8-29(26)44-18-15-37-13-16-43-17-14-37/h1-9,11,19-21,35H,10,12-18H2,(H,36,39)(H,41,42)/b30-21-. The predicted molar refractivity (Wildman–Crippen MR) is 183 cm³/mol. The van der Waals surface area contributed by atoms with E-state index in [0.29, 0.717) is 40.5 Å². The average Bonchev–Trinajstić information content (AvgIpc) is 3.64. The summed E-state index contributed by atoms with van der Waals surface area (Å²) in [5, 5.41) is 12.9. The Morgan fingerprint density at radius 3 is 2.57 bits per heavy atom. The summed E-state index contributed by atoms with van der Waals surface area (Å²) in [6.07, 6.45) is 3.74. The van der Waals surface area contributed by atoms with Crippen molar-refractivity contribution in [1.29, 1.82) is 0 Å². The van der Waals surface area contributed by atoms with Gasteiger partial charge in [0, 0.05) is 55.6 Å². The lowest BCUT2D eigenvalue weighted by Crippen LogP contribution is -2.38. The van der Waals surface area contributed by atoms with Gasteiger partial charge in [0.1, 0.15) is 16.7 Å². The van der Waals surface area contributed by atoms with Crippen LogP contribution in [0.3, 0.4) is 0 Å². The first-order valence-electron chi connectivity index (χ1n) is 14.9. The summed E-state index contributed by atoms with van der Waals surface area (Å²) in [6.45, 7) is 4.54. The molecule has 236 valence electrons. The maximum atomic E-state index is 13.5. The van der Waals surface area contributed by atoms with E-state index in [-0.39, 0.29) is 30.3 Å². The molecular weight excluding hydrogens is 625 g/mol. The topological polar surface area (TPSA) is 124 Å². The SMILES string of the molecule is O=C(CCN1C(=O)/C(=C/c2cc(-c3ccc4cc[nH]c4c3)ccc2OCCN2CCOCC2)SC1=S)Nc1ccc(C(=O)O)cc1. The van der Waals surface area contributed by atoms with Crippen LogP contribution in [0.15, 0.2) is 77.8 Å². The second kappa shape index (κ2) is 14.3. The van der Waals surface area contributed by atoms with Crippen LogP contribution in [0.5, 0.6) is 5.75 Å². The summed E-state index contributed by atoms with van der Waals surface area (Å²) in [6, 6.07) is 20.1. The second-order valence-corrected chi connectivity index (χ2v) is 12.5. The quantitative estimate of drug-likeness (QED) is 0.142. The van der Waals surface area contributed by atoms with Gasteiger partial charge in [-0.2, -0.15) is 0 Å². The lowest BCUT2D eigenvalue weighted by molar-refractivity contribution is -0.122. The number of fused-ring (bicyclic) bond motifs is 1. The highest BCUT2D eigenvalue weighted by Crippen LogP contribution is 2.36. The minimum Gasteiger partial charge on any atom is -0.492 e. The Labute approximate surface area is 275 Å². The number of ether oxygens (including phenoxy) is 2. The zero-order valence-electron chi connectivity index (χ0n) is 24.9. The smallest absolute Gasteiger partial charge is 0.335 e. The molecule has 0 radical (unpaired) electrons. The largest absolute Gasteiger partial charge is 0.492 e. The number of anilines is 1. The number of aromatic nitrogens is 1. The monoisotopic (exact) mass is 656 g/mol. The van der Waals surface area contributed by atoms with Gasteiger partial charge in [-0.1, -0.05) is 42.2 Å². The number of aromatic carboxylic acids is 1. The number of H-pyrrole nitrogens is 1. The number of thiocarbonyl (C=S) groups is 1. The van der Waals surface area contributed by atoms with Crippen LogP contribution in [-0.4, -0.2) is 88.0 Å². The van der Waals surface area contributed by atoms with E-state index < -0.39 is 5.97 Å². The highest BCUT2D eigenvalue weighted by Gasteiger charge is 2.32. The molecule has 2 amide bonds. The maximum absolute atomic E-state index is 13.5. The number of carbonyl (C=O) groups excluding carboxylic acids is 2. The van der Waals surface area contributed by atoms with Crippen molar-refractivity contribution >= 4 is 68.8 Å². The number of carboxylic acid groups (broad SMARTS) is 1. The van der Waals surface area contributed by atoms with Gasteiger partial charge >= 0.3 is 5.97 Å². The number of hydrogen-bond donors (Lipinski definition) is 3. The van der Waals surface area contributed by atoms with Crippen LogP contribution in [0.2, 0.25) is 0 Å². The molecule has 2 saturated heterocycles. The predicted octanol–water partition coefficient (Wildman–Crippen LogP) is 5.47. The van der Waals surface area contributed by atoms with E-state index in [0.717, 1.165) is 47.2 Å². The first-order valence-corrected chi connectivity index (χ1v) is 16.1. The van der Waals surface area contributed by atoms with Crippen molar-refractivity contribution in [2.45, 2.75) is 6.42 Å². The van der Waals surface area contributed by atoms with Gasteiger partial charge in [-0.05, 0) is 71.1 Å². The van der Waals surface area contributed by atoms with E-state index in [4.69, 9.17) is 26.8 Å². The fraction of sp³-hybridized carbons (Fsp3) is 0.235. The van der Waals surface area contributed by atoms with Crippen LogP contribution >= 0.6 is 24.0 Å². The van der Waals surface area contributed by atoms with Gasteiger partial charge in [-0.15, -0.1) is 0 Å². The van der Waals surface area contributed by atoms with Crippen molar-refractivity contribution in [1.82, 2.24) is 14.8 Å². The Bertz CT molecular complexity index is 1810. The number of aromatic amines is 1. The van der Waals surface area contributed by atoms with Gasteiger partial charge in [0.15, 0.2) is 0 Å². The van der Waals surface area contributed by atoms with Crippen LogP contribution < -0.4 is 10.1 Å². The minimum absolute atomic E-state index is 0.0208. The molecule has 2 aliphatic rings. The molecule has 0 atom stereocenters. The van der Waals surface area contributed by atoms with Crippen molar-refractivity contribution in [3.63, 3.8) is 0 Å². The highest BCUT2D eigenvalue weighted by atomic mass is 32.2. The number of hydrogen-bond acceptors (Lipinski definition) is 8. The van der Waals surface area contributed by atoms with Gasteiger partial charge in [-0.25, -0.2) is 4.79 Å². The second-order valence-electron chi connectivity index (χ2n) is 10.8. The summed E-state index contributed by atoms with van der Waals surface area (Å²) in [4.78, 5) is 44.6. The van der Waals surface area contributed by atoms with Crippen LogP contribution in [0.1, 0.15) is 22.3 Å². The Morgan fingerprint density at radius 1 is 1.02 bits per heavy atom. The first kappa shape index (κ1) is 31.5. The van der Waals surface area contributed by atoms with Crippen LogP contribution in [0, 0.1) is 0 Å². The van der Waals surface area contributed by atoms with E-state index in [9.17, 15) is 14.4 Å². The first-order chi connectivity index (χ1) is 22.3. The molecule has 10 nitrogen and oxygen atoms in total. The lowest BCUT2D eigenvalue weighted by atomic mass is 10.0. The molecule has 2 aliphatic heterocycles.